The number of urea groups is 1. The molecule has 2 amide bonds. The molecule has 0 unspecified atom stereocenters. The van der Waals surface area contributed by atoms with Gasteiger partial charge in [0.2, 0.25) is 0 Å². The summed E-state index contributed by atoms with van der Waals surface area (Å²) in [6.45, 7) is 5.02. The largest absolute Gasteiger partial charge is 0.338 e. The van der Waals surface area contributed by atoms with E-state index >= 15 is 0 Å². The molecule has 6 heteroatoms. The fourth-order valence-corrected chi connectivity index (χ4v) is 3.70. The van der Waals surface area contributed by atoms with Crippen LogP contribution in [0.2, 0.25) is 0 Å². The Morgan fingerprint density at radius 3 is 2.56 bits per heavy atom. The lowest BCUT2D eigenvalue weighted by Gasteiger charge is -2.27. The van der Waals surface area contributed by atoms with Gasteiger partial charge in [0.1, 0.15) is 0 Å². The van der Waals surface area contributed by atoms with Crippen molar-refractivity contribution in [1.29, 1.82) is 0 Å². The number of hydrogen-bond acceptors (Lipinski definition) is 3. The summed E-state index contributed by atoms with van der Waals surface area (Å²) in [5.74, 6) is 0.321. The predicted molar refractivity (Wildman–Crippen MR) is 63.1 cm³/mol. The lowest BCUT2D eigenvalue weighted by atomic mass is 10.2. The molecule has 0 aromatic heterocycles. The van der Waals surface area contributed by atoms with Crippen LogP contribution in [-0.4, -0.2) is 50.0 Å². The number of carbonyl (C=O) groups is 1. The molecule has 1 aliphatic heterocycles. The van der Waals surface area contributed by atoms with Crippen LogP contribution in [0.25, 0.3) is 0 Å². The summed E-state index contributed by atoms with van der Waals surface area (Å²) in [5.41, 5.74) is 0. The third kappa shape index (κ3) is 3.37. The zero-order valence-corrected chi connectivity index (χ0v) is 10.7. The van der Waals surface area contributed by atoms with Gasteiger partial charge in [-0.05, 0) is 19.8 Å². The van der Waals surface area contributed by atoms with Gasteiger partial charge in [0.15, 0.2) is 9.84 Å². The van der Waals surface area contributed by atoms with Crippen LogP contribution in [0.15, 0.2) is 0 Å². The SMILES string of the molecule is CCCN(C(=O)NCC)[C@H]1CCS(=O)(=O)C1. The Hall–Kier alpha value is -0.780. The molecule has 0 aliphatic carbocycles. The van der Waals surface area contributed by atoms with Crippen LogP contribution in [0.5, 0.6) is 0 Å². The van der Waals surface area contributed by atoms with E-state index < -0.39 is 9.84 Å². The molecule has 0 spiro atoms. The maximum absolute atomic E-state index is 11.8. The van der Waals surface area contributed by atoms with E-state index in [0.29, 0.717) is 19.5 Å². The number of sulfone groups is 1. The zero-order valence-electron chi connectivity index (χ0n) is 9.90. The fraction of sp³-hybridized carbons (Fsp3) is 0.900. The minimum absolute atomic E-state index is 0.115. The molecule has 1 heterocycles. The molecule has 1 fully saturated rings. The molecule has 1 aliphatic rings. The average Bonchev–Trinajstić information content (AvgIpc) is 2.55. The van der Waals surface area contributed by atoms with E-state index in [1.54, 1.807) is 4.90 Å². The summed E-state index contributed by atoms with van der Waals surface area (Å²) in [4.78, 5) is 13.4. The first-order valence-corrected chi connectivity index (χ1v) is 7.57. The molecule has 0 radical (unpaired) electrons. The first kappa shape index (κ1) is 13.3. The molecule has 0 aromatic carbocycles. The Labute approximate surface area is 97.1 Å². The van der Waals surface area contributed by atoms with E-state index in [2.05, 4.69) is 5.32 Å². The second-order valence-corrected chi connectivity index (χ2v) is 6.31. The van der Waals surface area contributed by atoms with Crippen LogP contribution in [0.1, 0.15) is 26.7 Å². The highest BCUT2D eigenvalue weighted by Gasteiger charge is 2.33. The van der Waals surface area contributed by atoms with E-state index in [1.165, 1.54) is 0 Å². The van der Waals surface area contributed by atoms with E-state index in [-0.39, 0.29) is 23.6 Å². The molecule has 0 aromatic rings. The van der Waals surface area contributed by atoms with Crippen molar-refractivity contribution in [1.82, 2.24) is 10.2 Å². The van der Waals surface area contributed by atoms with Crippen LogP contribution < -0.4 is 5.32 Å². The fourth-order valence-electron chi connectivity index (χ4n) is 1.96. The highest BCUT2D eigenvalue weighted by atomic mass is 32.2. The van der Waals surface area contributed by atoms with Gasteiger partial charge in [0.05, 0.1) is 11.5 Å². The minimum atomic E-state index is -2.93. The molecular formula is C10H20N2O3S. The van der Waals surface area contributed by atoms with Crippen LogP contribution in [0, 0.1) is 0 Å². The highest BCUT2D eigenvalue weighted by Crippen LogP contribution is 2.18. The average molecular weight is 248 g/mol. The predicted octanol–water partition coefficient (Wildman–Crippen LogP) is 0.615. The van der Waals surface area contributed by atoms with Gasteiger partial charge in [0, 0.05) is 19.1 Å². The van der Waals surface area contributed by atoms with E-state index in [1.807, 2.05) is 13.8 Å². The number of amides is 2. The van der Waals surface area contributed by atoms with E-state index in [9.17, 15) is 13.2 Å². The topological polar surface area (TPSA) is 66.5 Å². The standard InChI is InChI=1S/C10H20N2O3S/c1-3-6-12(10(13)11-4-2)9-5-7-16(14,15)8-9/h9H,3-8H2,1-2H3,(H,11,13)/t9-/m0/s1. The Morgan fingerprint density at radius 1 is 1.44 bits per heavy atom. The number of carbonyl (C=O) groups excluding carboxylic acids is 1. The van der Waals surface area contributed by atoms with Crippen molar-refractivity contribution >= 4 is 15.9 Å². The number of rotatable bonds is 4. The molecule has 1 N–H and O–H groups in total. The number of nitrogens with zero attached hydrogens (tertiary/aromatic N) is 1. The molecule has 0 bridgehead atoms. The summed E-state index contributed by atoms with van der Waals surface area (Å²) in [5, 5.41) is 2.73. The van der Waals surface area contributed by atoms with Crippen molar-refractivity contribution in [3.8, 4) is 0 Å². The molecule has 16 heavy (non-hydrogen) atoms. The molecule has 0 saturated carbocycles. The van der Waals surface area contributed by atoms with Gasteiger partial charge in [0.25, 0.3) is 0 Å². The van der Waals surface area contributed by atoms with Gasteiger partial charge in [-0.2, -0.15) is 0 Å². The summed E-state index contributed by atoms with van der Waals surface area (Å²) in [7, 11) is -2.93. The third-order valence-corrected chi connectivity index (χ3v) is 4.45. The second kappa shape index (κ2) is 5.52. The molecule has 94 valence electrons. The first-order valence-electron chi connectivity index (χ1n) is 5.75. The third-order valence-electron chi connectivity index (χ3n) is 2.70. The summed E-state index contributed by atoms with van der Waals surface area (Å²) >= 11 is 0. The van der Waals surface area contributed by atoms with Crippen molar-refractivity contribution in [3.63, 3.8) is 0 Å². The Bertz CT molecular complexity index is 340. The lowest BCUT2D eigenvalue weighted by molar-refractivity contribution is 0.181. The molecule has 1 rings (SSSR count). The lowest BCUT2D eigenvalue weighted by Crippen LogP contribution is -2.47. The monoisotopic (exact) mass is 248 g/mol. The Balaban J connectivity index is 2.67. The maximum Gasteiger partial charge on any atom is 0.317 e. The Morgan fingerprint density at radius 2 is 2.12 bits per heavy atom. The van der Waals surface area contributed by atoms with Gasteiger partial charge in [-0.1, -0.05) is 6.92 Å². The zero-order chi connectivity index (χ0) is 12.2. The van der Waals surface area contributed by atoms with E-state index in [4.69, 9.17) is 0 Å². The van der Waals surface area contributed by atoms with Gasteiger partial charge in [-0.15, -0.1) is 0 Å². The minimum Gasteiger partial charge on any atom is -0.338 e. The van der Waals surface area contributed by atoms with Crippen molar-refractivity contribution in [2.45, 2.75) is 32.7 Å². The number of hydrogen-bond donors (Lipinski definition) is 1. The molecule has 1 atom stereocenters. The summed E-state index contributed by atoms with van der Waals surface area (Å²) in [6, 6.07) is -0.289. The van der Waals surface area contributed by atoms with Crippen LogP contribution in [0.3, 0.4) is 0 Å². The highest BCUT2D eigenvalue weighted by molar-refractivity contribution is 7.91. The summed E-state index contributed by atoms with van der Waals surface area (Å²) in [6.07, 6.45) is 1.41. The van der Waals surface area contributed by atoms with Crippen molar-refractivity contribution in [3.05, 3.63) is 0 Å². The van der Waals surface area contributed by atoms with Gasteiger partial charge in [-0.3, -0.25) is 0 Å². The van der Waals surface area contributed by atoms with Crippen molar-refractivity contribution < 1.29 is 13.2 Å². The number of nitrogens with one attached hydrogen (secondary N) is 1. The van der Waals surface area contributed by atoms with Crippen LogP contribution in [0.4, 0.5) is 4.79 Å². The Kier molecular flexibility index (Phi) is 4.58. The smallest absolute Gasteiger partial charge is 0.317 e. The van der Waals surface area contributed by atoms with Crippen molar-refractivity contribution in [2.24, 2.45) is 0 Å². The second-order valence-electron chi connectivity index (χ2n) is 4.09. The normalized spacial score (nSPS) is 23.0. The van der Waals surface area contributed by atoms with Gasteiger partial charge < -0.3 is 10.2 Å². The van der Waals surface area contributed by atoms with Crippen LogP contribution in [-0.2, 0) is 9.84 Å². The van der Waals surface area contributed by atoms with E-state index in [0.717, 1.165) is 6.42 Å². The van der Waals surface area contributed by atoms with Gasteiger partial charge in [-0.25, -0.2) is 13.2 Å². The molecule has 5 nitrogen and oxygen atoms in total. The molecule has 1 saturated heterocycles. The van der Waals surface area contributed by atoms with Crippen molar-refractivity contribution in [2.75, 3.05) is 24.6 Å². The maximum atomic E-state index is 11.8. The summed E-state index contributed by atoms with van der Waals surface area (Å²) < 4.78 is 22.7. The van der Waals surface area contributed by atoms with Gasteiger partial charge >= 0.3 is 6.03 Å². The molecular weight excluding hydrogens is 228 g/mol. The quantitative estimate of drug-likeness (QED) is 0.793. The first-order chi connectivity index (χ1) is 7.50. The van der Waals surface area contributed by atoms with Crippen LogP contribution >= 0.6 is 0 Å².